The average Bonchev–Trinajstić information content (AvgIpc) is 3.21. The van der Waals surface area contributed by atoms with Gasteiger partial charge in [-0.2, -0.15) is 0 Å². The van der Waals surface area contributed by atoms with Crippen molar-refractivity contribution < 1.29 is 14.0 Å². The minimum atomic E-state index is -0.141. The Labute approximate surface area is 144 Å². The number of fused-ring (bicyclic) bond motifs is 1. The first-order valence-corrected chi connectivity index (χ1v) is 7.95. The fraction of sp³-hybridized carbons (Fsp3) is 0.0476. The first kappa shape index (κ1) is 15.1. The molecule has 25 heavy (non-hydrogen) atoms. The molecule has 0 saturated heterocycles. The van der Waals surface area contributed by atoms with Crippen molar-refractivity contribution in [2.24, 2.45) is 0 Å². The van der Waals surface area contributed by atoms with Crippen LogP contribution in [0.15, 0.2) is 65.1 Å². The zero-order valence-corrected chi connectivity index (χ0v) is 13.6. The van der Waals surface area contributed by atoms with Crippen LogP contribution in [0.25, 0.3) is 23.0 Å². The lowest BCUT2D eigenvalue weighted by Crippen LogP contribution is -2.03. The highest BCUT2D eigenvalue weighted by atomic mass is 16.3. The standard InChI is InChI=1S/C21H15NO3/c1-13(23)14-5-4-6-15(11-14)20-10-9-16(25-20)12-18-17-7-2-3-8-19(17)22-21(18)24/h2-12H,1H3,(H,22,24)/b18-12+. The van der Waals surface area contributed by atoms with Crippen LogP contribution in [-0.2, 0) is 4.79 Å². The minimum Gasteiger partial charge on any atom is -0.457 e. The van der Waals surface area contributed by atoms with E-state index in [0.717, 1.165) is 16.8 Å². The number of carbonyl (C=O) groups excluding carboxylic acids is 2. The predicted octanol–water partition coefficient (Wildman–Crippen LogP) is 4.64. The summed E-state index contributed by atoms with van der Waals surface area (Å²) in [5, 5.41) is 2.84. The normalized spacial score (nSPS) is 14.4. The number of rotatable bonds is 3. The fourth-order valence-electron chi connectivity index (χ4n) is 2.90. The largest absolute Gasteiger partial charge is 0.457 e. The smallest absolute Gasteiger partial charge is 0.256 e. The summed E-state index contributed by atoms with van der Waals surface area (Å²) in [6.07, 6.45) is 1.74. The highest BCUT2D eigenvalue weighted by molar-refractivity contribution is 6.34. The predicted molar refractivity (Wildman–Crippen MR) is 97.1 cm³/mol. The van der Waals surface area contributed by atoms with E-state index >= 15 is 0 Å². The molecule has 0 saturated carbocycles. The lowest BCUT2D eigenvalue weighted by atomic mass is 10.1. The number of ketones is 1. The van der Waals surface area contributed by atoms with Crippen LogP contribution in [0.5, 0.6) is 0 Å². The van der Waals surface area contributed by atoms with Crippen LogP contribution in [0.4, 0.5) is 5.69 Å². The summed E-state index contributed by atoms with van der Waals surface area (Å²) in [4.78, 5) is 23.7. The van der Waals surface area contributed by atoms with Gasteiger partial charge < -0.3 is 9.73 Å². The van der Waals surface area contributed by atoms with E-state index in [1.165, 1.54) is 6.92 Å². The number of furan rings is 1. The molecule has 0 spiro atoms. The second kappa shape index (κ2) is 5.91. The number of amides is 1. The fourth-order valence-corrected chi connectivity index (χ4v) is 2.90. The Kier molecular flexibility index (Phi) is 3.58. The van der Waals surface area contributed by atoms with Crippen LogP contribution >= 0.6 is 0 Å². The molecule has 1 aliphatic rings. The zero-order valence-electron chi connectivity index (χ0n) is 13.6. The van der Waals surface area contributed by atoms with Gasteiger partial charge in [-0.05, 0) is 37.3 Å². The molecular formula is C21H15NO3. The van der Waals surface area contributed by atoms with Gasteiger partial charge in [-0.1, -0.05) is 36.4 Å². The number of benzene rings is 2. The zero-order chi connectivity index (χ0) is 17.4. The molecule has 0 aliphatic carbocycles. The van der Waals surface area contributed by atoms with Crippen LogP contribution in [0.1, 0.15) is 28.6 Å². The molecule has 1 N–H and O–H groups in total. The van der Waals surface area contributed by atoms with E-state index in [9.17, 15) is 9.59 Å². The maximum Gasteiger partial charge on any atom is 0.256 e. The van der Waals surface area contributed by atoms with Crippen molar-refractivity contribution in [3.8, 4) is 11.3 Å². The van der Waals surface area contributed by atoms with E-state index in [-0.39, 0.29) is 11.7 Å². The van der Waals surface area contributed by atoms with E-state index < -0.39 is 0 Å². The van der Waals surface area contributed by atoms with Gasteiger partial charge >= 0.3 is 0 Å². The Balaban J connectivity index is 1.70. The molecule has 3 aromatic rings. The van der Waals surface area contributed by atoms with Crippen molar-refractivity contribution in [3.63, 3.8) is 0 Å². The second-order valence-electron chi connectivity index (χ2n) is 5.90. The Morgan fingerprint density at radius 1 is 1.04 bits per heavy atom. The summed E-state index contributed by atoms with van der Waals surface area (Å²) in [5.74, 6) is 1.11. The number of nitrogens with one attached hydrogen (secondary N) is 1. The molecule has 0 unspecified atom stereocenters. The molecule has 0 atom stereocenters. The van der Waals surface area contributed by atoms with Crippen molar-refractivity contribution in [3.05, 3.63) is 77.6 Å². The van der Waals surface area contributed by atoms with Crippen molar-refractivity contribution in [1.29, 1.82) is 0 Å². The van der Waals surface area contributed by atoms with Crippen molar-refractivity contribution in [1.82, 2.24) is 0 Å². The molecule has 1 aliphatic heterocycles. The van der Waals surface area contributed by atoms with Crippen LogP contribution in [0, 0.1) is 0 Å². The number of carbonyl (C=O) groups is 2. The van der Waals surface area contributed by atoms with E-state index in [4.69, 9.17) is 4.42 Å². The van der Waals surface area contributed by atoms with Crippen LogP contribution in [0.3, 0.4) is 0 Å². The molecule has 4 heteroatoms. The average molecular weight is 329 g/mol. The third-order valence-corrected chi connectivity index (χ3v) is 4.18. The van der Waals surface area contributed by atoms with Crippen LogP contribution in [0.2, 0.25) is 0 Å². The molecule has 0 bridgehead atoms. The summed E-state index contributed by atoms with van der Waals surface area (Å²) >= 11 is 0. The van der Waals surface area contributed by atoms with Gasteiger partial charge in [0.05, 0.1) is 5.57 Å². The highest BCUT2D eigenvalue weighted by Gasteiger charge is 2.23. The maximum absolute atomic E-state index is 12.2. The SMILES string of the molecule is CC(=O)c1cccc(-c2ccc(/C=C3/C(=O)Nc4ccccc43)o2)c1. The molecule has 0 radical (unpaired) electrons. The number of hydrogen-bond donors (Lipinski definition) is 1. The molecule has 2 heterocycles. The van der Waals surface area contributed by atoms with E-state index in [1.54, 1.807) is 18.2 Å². The Bertz CT molecular complexity index is 1030. The summed E-state index contributed by atoms with van der Waals surface area (Å²) in [7, 11) is 0. The van der Waals surface area contributed by atoms with E-state index in [0.29, 0.717) is 22.7 Å². The third kappa shape index (κ3) is 2.78. The monoisotopic (exact) mass is 329 g/mol. The minimum absolute atomic E-state index is 0.00924. The highest BCUT2D eigenvalue weighted by Crippen LogP contribution is 2.33. The molecule has 4 rings (SSSR count). The van der Waals surface area contributed by atoms with Gasteiger partial charge in [0.1, 0.15) is 11.5 Å². The van der Waals surface area contributed by atoms with Gasteiger partial charge in [0.2, 0.25) is 0 Å². The van der Waals surface area contributed by atoms with Gasteiger partial charge in [-0.25, -0.2) is 0 Å². The first-order valence-electron chi connectivity index (χ1n) is 7.95. The van der Waals surface area contributed by atoms with E-state index in [1.807, 2.05) is 48.5 Å². The second-order valence-corrected chi connectivity index (χ2v) is 5.90. The van der Waals surface area contributed by atoms with Crippen molar-refractivity contribution >= 4 is 29.0 Å². The van der Waals surface area contributed by atoms with Gasteiger partial charge in [0.25, 0.3) is 5.91 Å². The van der Waals surface area contributed by atoms with E-state index in [2.05, 4.69) is 5.32 Å². The Morgan fingerprint density at radius 3 is 2.72 bits per heavy atom. The third-order valence-electron chi connectivity index (χ3n) is 4.18. The van der Waals surface area contributed by atoms with Gasteiger partial charge in [0, 0.05) is 22.4 Å². The molecule has 4 nitrogen and oxygen atoms in total. The Hall–Kier alpha value is -3.40. The summed E-state index contributed by atoms with van der Waals surface area (Å²) in [6, 6.07) is 18.5. The van der Waals surface area contributed by atoms with Gasteiger partial charge in [-0.3, -0.25) is 9.59 Å². The van der Waals surface area contributed by atoms with Gasteiger partial charge in [-0.15, -0.1) is 0 Å². The number of para-hydroxylation sites is 1. The van der Waals surface area contributed by atoms with Crippen LogP contribution in [-0.4, -0.2) is 11.7 Å². The molecule has 2 aromatic carbocycles. The lowest BCUT2D eigenvalue weighted by Gasteiger charge is -2.00. The quantitative estimate of drug-likeness (QED) is 0.562. The number of anilines is 1. The molecule has 1 aromatic heterocycles. The molecule has 122 valence electrons. The van der Waals surface area contributed by atoms with Crippen LogP contribution < -0.4 is 5.32 Å². The summed E-state index contributed by atoms with van der Waals surface area (Å²) in [6.45, 7) is 1.53. The summed E-state index contributed by atoms with van der Waals surface area (Å²) in [5.41, 5.74) is 3.71. The van der Waals surface area contributed by atoms with Gasteiger partial charge in [0.15, 0.2) is 5.78 Å². The van der Waals surface area contributed by atoms with Crippen molar-refractivity contribution in [2.45, 2.75) is 6.92 Å². The first-order chi connectivity index (χ1) is 12.1. The Morgan fingerprint density at radius 2 is 1.88 bits per heavy atom. The maximum atomic E-state index is 12.2. The number of hydrogen-bond acceptors (Lipinski definition) is 3. The lowest BCUT2D eigenvalue weighted by molar-refractivity contribution is -0.110. The number of Topliss-reactive ketones (excluding diaryl/α,β-unsaturated/α-hetero) is 1. The molecule has 0 fully saturated rings. The topological polar surface area (TPSA) is 59.3 Å². The molecule has 1 amide bonds. The summed E-state index contributed by atoms with van der Waals surface area (Å²) < 4.78 is 5.86. The molecular weight excluding hydrogens is 314 g/mol. The van der Waals surface area contributed by atoms with Crippen molar-refractivity contribution in [2.75, 3.05) is 5.32 Å².